The largest absolute Gasteiger partial charge is 0.465 e. The number of fused-ring (bicyclic) bond motifs is 2. The third kappa shape index (κ3) is 2.68. The molecule has 2 aromatic carbocycles. The molecule has 4 aromatic rings. The van der Waals surface area contributed by atoms with Gasteiger partial charge in [-0.2, -0.15) is 0 Å². The lowest BCUT2D eigenvalue weighted by Crippen LogP contribution is -2.01. The Balaban J connectivity index is 1.81. The smallest absolute Gasteiger partial charge is 0.340 e. The van der Waals surface area contributed by atoms with Gasteiger partial charge in [-0.15, -0.1) is 0 Å². The highest BCUT2D eigenvalue weighted by molar-refractivity contribution is 7.99. The summed E-state index contributed by atoms with van der Waals surface area (Å²) in [4.78, 5) is 35.6. The number of nitrogens with zero attached hydrogens (tertiary/aromatic N) is 1. The van der Waals surface area contributed by atoms with Crippen LogP contribution in [-0.2, 0) is 4.74 Å². The number of nitrogens with one attached hydrogen (secondary N) is 2. The van der Waals surface area contributed by atoms with E-state index in [1.54, 1.807) is 24.4 Å². The number of hydrogen-bond acceptors (Lipinski definition) is 5. The number of carbonyl (C=O) groups is 1. The molecule has 0 amide bonds. The number of aromatic nitrogens is 3. The SMILES string of the molecule is COC(=O)c1cccc2[nH]c(Sc3cccc4c(=O)cc[nH]c34)nc12. The molecular formula is C18H13N3O3S. The number of benzene rings is 2. The van der Waals surface area contributed by atoms with Crippen LogP contribution in [0.15, 0.2) is 63.5 Å². The number of para-hydroxylation sites is 2. The van der Waals surface area contributed by atoms with Gasteiger partial charge in [-0.05, 0) is 36.0 Å². The van der Waals surface area contributed by atoms with Crippen LogP contribution >= 0.6 is 11.8 Å². The van der Waals surface area contributed by atoms with Crippen LogP contribution in [0.5, 0.6) is 0 Å². The number of imidazole rings is 1. The third-order valence-electron chi connectivity index (χ3n) is 3.86. The van der Waals surface area contributed by atoms with Crippen molar-refractivity contribution in [3.05, 3.63) is 64.4 Å². The van der Waals surface area contributed by atoms with Crippen LogP contribution in [0.4, 0.5) is 0 Å². The van der Waals surface area contributed by atoms with Crippen molar-refractivity contribution in [3.8, 4) is 0 Å². The molecule has 2 aromatic heterocycles. The average Bonchev–Trinajstić information content (AvgIpc) is 3.04. The molecule has 0 radical (unpaired) electrons. The van der Waals surface area contributed by atoms with E-state index in [1.807, 2.05) is 18.2 Å². The lowest BCUT2D eigenvalue weighted by molar-refractivity contribution is 0.0603. The van der Waals surface area contributed by atoms with Crippen LogP contribution in [0, 0.1) is 0 Å². The van der Waals surface area contributed by atoms with Gasteiger partial charge >= 0.3 is 5.97 Å². The van der Waals surface area contributed by atoms with Crippen LogP contribution in [-0.4, -0.2) is 28.0 Å². The topological polar surface area (TPSA) is 87.8 Å². The van der Waals surface area contributed by atoms with Crippen molar-refractivity contribution >= 4 is 39.7 Å². The fourth-order valence-corrected chi connectivity index (χ4v) is 3.62. The van der Waals surface area contributed by atoms with E-state index in [1.165, 1.54) is 24.9 Å². The van der Waals surface area contributed by atoms with Gasteiger partial charge < -0.3 is 14.7 Å². The summed E-state index contributed by atoms with van der Waals surface area (Å²) in [6.07, 6.45) is 1.63. The van der Waals surface area contributed by atoms with Crippen molar-refractivity contribution in [2.75, 3.05) is 7.11 Å². The summed E-state index contributed by atoms with van der Waals surface area (Å²) in [5, 5.41) is 1.25. The summed E-state index contributed by atoms with van der Waals surface area (Å²) in [5.41, 5.74) is 2.45. The van der Waals surface area contributed by atoms with Gasteiger partial charge in [0.1, 0.15) is 5.52 Å². The zero-order valence-corrected chi connectivity index (χ0v) is 14.0. The van der Waals surface area contributed by atoms with Gasteiger partial charge in [0.25, 0.3) is 0 Å². The van der Waals surface area contributed by atoms with Crippen molar-refractivity contribution in [1.29, 1.82) is 0 Å². The lowest BCUT2D eigenvalue weighted by Gasteiger charge is -2.03. The molecule has 0 unspecified atom stereocenters. The first-order chi connectivity index (χ1) is 12.2. The van der Waals surface area contributed by atoms with E-state index in [0.717, 1.165) is 15.9 Å². The fraction of sp³-hybridized carbons (Fsp3) is 0.0556. The van der Waals surface area contributed by atoms with E-state index in [0.29, 0.717) is 21.6 Å². The monoisotopic (exact) mass is 351 g/mol. The summed E-state index contributed by atoms with van der Waals surface area (Å²) in [7, 11) is 1.34. The standard InChI is InChI=1S/C18H13N3O3S/c1-24-17(23)11-5-2-6-12-15(11)21-18(20-12)25-14-7-3-4-10-13(22)8-9-19-16(10)14/h2-9H,1H3,(H,19,22)(H,20,21). The molecule has 7 heteroatoms. The zero-order chi connectivity index (χ0) is 17.4. The van der Waals surface area contributed by atoms with Crippen LogP contribution < -0.4 is 5.43 Å². The highest BCUT2D eigenvalue weighted by Crippen LogP contribution is 2.31. The summed E-state index contributed by atoms with van der Waals surface area (Å²) >= 11 is 1.39. The molecule has 0 bridgehead atoms. The predicted octanol–water partition coefficient (Wildman–Crippen LogP) is 3.34. The molecule has 0 fully saturated rings. The highest BCUT2D eigenvalue weighted by atomic mass is 32.2. The fourth-order valence-electron chi connectivity index (χ4n) is 2.70. The van der Waals surface area contributed by atoms with Crippen molar-refractivity contribution in [2.24, 2.45) is 0 Å². The maximum atomic E-state index is 12.0. The Bertz CT molecular complexity index is 1160. The Morgan fingerprint density at radius 1 is 1.16 bits per heavy atom. The number of methoxy groups -OCH3 is 1. The van der Waals surface area contributed by atoms with Gasteiger partial charge in [0.2, 0.25) is 0 Å². The van der Waals surface area contributed by atoms with Gasteiger partial charge in [0.05, 0.1) is 23.7 Å². The number of pyridine rings is 1. The van der Waals surface area contributed by atoms with E-state index < -0.39 is 5.97 Å². The summed E-state index contributed by atoms with van der Waals surface area (Å²) in [6.45, 7) is 0. The van der Waals surface area contributed by atoms with Gasteiger partial charge in [0, 0.05) is 22.5 Å². The molecule has 0 spiro atoms. The maximum absolute atomic E-state index is 12.0. The Kier molecular flexibility index (Phi) is 3.77. The first-order valence-corrected chi connectivity index (χ1v) is 8.34. The lowest BCUT2D eigenvalue weighted by atomic mass is 10.2. The van der Waals surface area contributed by atoms with Crippen molar-refractivity contribution in [1.82, 2.24) is 15.0 Å². The Hall–Kier alpha value is -3.06. The van der Waals surface area contributed by atoms with Gasteiger partial charge in [-0.25, -0.2) is 9.78 Å². The number of ether oxygens (including phenoxy) is 1. The first-order valence-electron chi connectivity index (χ1n) is 7.52. The van der Waals surface area contributed by atoms with Crippen LogP contribution in [0.25, 0.3) is 21.9 Å². The minimum atomic E-state index is -0.428. The van der Waals surface area contributed by atoms with Crippen LogP contribution in [0.3, 0.4) is 0 Å². The molecule has 0 saturated heterocycles. The summed E-state index contributed by atoms with van der Waals surface area (Å²) in [6, 6.07) is 12.3. The molecule has 2 heterocycles. The maximum Gasteiger partial charge on any atom is 0.340 e. The molecule has 0 aliphatic heterocycles. The van der Waals surface area contributed by atoms with E-state index in [-0.39, 0.29) is 5.43 Å². The highest BCUT2D eigenvalue weighted by Gasteiger charge is 2.15. The molecule has 124 valence electrons. The molecular weight excluding hydrogens is 338 g/mol. The molecule has 0 aliphatic rings. The van der Waals surface area contributed by atoms with Crippen molar-refractivity contribution in [2.45, 2.75) is 10.1 Å². The van der Waals surface area contributed by atoms with E-state index in [4.69, 9.17) is 4.74 Å². The van der Waals surface area contributed by atoms with Gasteiger partial charge in [0.15, 0.2) is 10.6 Å². The minimum Gasteiger partial charge on any atom is -0.465 e. The van der Waals surface area contributed by atoms with Crippen molar-refractivity contribution in [3.63, 3.8) is 0 Å². The second-order valence-electron chi connectivity index (χ2n) is 5.36. The average molecular weight is 351 g/mol. The predicted molar refractivity (Wildman–Crippen MR) is 96.1 cm³/mol. The zero-order valence-electron chi connectivity index (χ0n) is 13.2. The number of hydrogen-bond donors (Lipinski definition) is 2. The van der Waals surface area contributed by atoms with Crippen LogP contribution in [0.1, 0.15) is 10.4 Å². The Morgan fingerprint density at radius 3 is 2.84 bits per heavy atom. The third-order valence-corrected chi connectivity index (χ3v) is 4.80. The second kappa shape index (κ2) is 6.10. The molecule has 0 aliphatic carbocycles. The van der Waals surface area contributed by atoms with Gasteiger partial charge in [-0.3, -0.25) is 4.79 Å². The number of aromatic amines is 2. The summed E-state index contributed by atoms with van der Waals surface area (Å²) < 4.78 is 4.80. The van der Waals surface area contributed by atoms with E-state index in [9.17, 15) is 9.59 Å². The summed E-state index contributed by atoms with van der Waals surface area (Å²) in [5.74, 6) is -0.428. The molecule has 4 rings (SSSR count). The number of esters is 1. The molecule has 0 saturated carbocycles. The Morgan fingerprint density at radius 2 is 2.00 bits per heavy atom. The number of rotatable bonds is 3. The normalized spacial score (nSPS) is 11.1. The second-order valence-corrected chi connectivity index (χ2v) is 6.39. The molecule has 0 atom stereocenters. The minimum absolute atomic E-state index is 0.0335. The van der Waals surface area contributed by atoms with Crippen LogP contribution in [0.2, 0.25) is 0 Å². The van der Waals surface area contributed by atoms with E-state index >= 15 is 0 Å². The first kappa shape index (κ1) is 15.5. The number of carbonyl (C=O) groups excluding carboxylic acids is 1. The number of H-pyrrole nitrogens is 2. The molecule has 6 nitrogen and oxygen atoms in total. The Labute approximate surface area is 146 Å². The van der Waals surface area contributed by atoms with E-state index in [2.05, 4.69) is 15.0 Å². The van der Waals surface area contributed by atoms with Crippen molar-refractivity contribution < 1.29 is 9.53 Å². The molecule has 25 heavy (non-hydrogen) atoms. The quantitative estimate of drug-likeness (QED) is 0.553. The van der Waals surface area contributed by atoms with Gasteiger partial charge in [-0.1, -0.05) is 12.1 Å². The molecule has 2 N–H and O–H groups in total.